The molecule has 0 amide bonds. The molecule has 0 saturated heterocycles. The van der Waals surface area contributed by atoms with Gasteiger partial charge in [0, 0.05) is 31.0 Å². The van der Waals surface area contributed by atoms with Gasteiger partial charge in [-0.05, 0) is 47.4 Å². The summed E-state index contributed by atoms with van der Waals surface area (Å²) in [7, 11) is 0. The van der Waals surface area contributed by atoms with E-state index in [-0.39, 0.29) is 0 Å². The Bertz CT molecular complexity index is 1540. The van der Waals surface area contributed by atoms with Crippen molar-refractivity contribution >= 4 is 16.9 Å². The number of hydrogen-bond acceptors (Lipinski definition) is 6. The zero-order valence-electron chi connectivity index (χ0n) is 17.3. The van der Waals surface area contributed by atoms with E-state index in [4.69, 9.17) is 4.98 Å². The maximum absolute atomic E-state index is 13.7. The molecule has 0 radical (unpaired) electrons. The zero-order valence-corrected chi connectivity index (χ0v) is 17.3. The molecule has 1 N–H and O–H groups in total. The number of benzene rings is 2. The molecular formula is C25H16FN7. The summed E-state index contributed by atoms with van der Waals surface area (Å²) in [5.74, 6) is 6.61. The van der Waals surface area contributed by atoms with E-state index in [2.05, 4.69) is 54.0 Å². The first-order chi connectivity index (χ1) is 16.2. The van der Waals surface area contributed by atoms with Crippen molar-refractivity contribution in [2.45, 2.75) is 13.1 Å². The molecule has 0 fully saturated rings. The number of nitrogens with one attached hydrogen (secondary N) is 1. The van der Waals surface area contributed by atoms with Crippen LogP contribution in [0.3, 0.4) is 0 Å². The number of H-pyrrole nitrogens is 1. The summed E-state index contributed by atoms with van der Waals surface area (Å²) in [5.41, 5.74) is 5.04. The lowest BCUT2D eigenvalue weighted by molar-refractivity contribution is 0.588. The van der Waals surface area contributed by atoms with Gasteiger partial charge in [0.25, 0.3) is 0 Å². The highest BCUT2D eigenvalue weighted by Gasteiger charge is 2.21. The van der Waals surface area contributed by atoms with Crippen LogP contribution >= 0.6 is 0 Å². The number of halogens is 1. The van der Waals surface area contributed by atoms with Gasteiger partial charge < -0.3 is 4.90 Å². The number of rotatable bonds is 2. The highest BCUT2D eigenvalue weighted by atomic mass is 19.1. The molecule has 0 atom stereocenters. The van der Waals surface area contributed by atoms with Gasteiger partial charge in [-0.1, -0.05) is 30.2 Å². The van der Waals surface area contributed by atoms with Crippen LogP contribution in [-0.4, -0.2) is 30.1 Å². The quantitative estimate of drug-likeness (QED) is 0.426. The lowest BCUT2D eigenvalue weighted by Gasteiger charge is -2.15. The maximum Gasteiger partial charge on any atom is 0.240 e. The Labute approximate surface area is 188 Å². The lowest BCUT2D eigenvalue weighted by atomic mass is 10.1. The Morgan fingerprint density at radius 3 is 2.55 bits per heavy atom. The first kappa shape index (κ1) is 19.1. The Balaban J connectivity index is 1.27. The molecule has 0 aliphatic carbocycles. The molecule has 0 bridgehead atoms. The molecule has 0 saturated carbocycles. The zero-order chi connectivity index (χ0) is 22.2. The normalized spacial score (nSPS) is 12.5. The summed E-state index contributed by atoms with van der Waals surface area (Å²) < 4.78 is 13.7. The highest BCUT2D eigenvalue weighted by Crippen LogP contribution is 2.26. The number of aromatic amines is 1. The molecule has 0 spiro atoms. The summed E-state index contributed by atoms with van der Waals surface area (Å²) >= 11 is 0. The first-order valence-corrected chi connectivity index (χ1v) is 10.4. The van der Waals surface area contributed by atoms with Gasteiger partial charge in [-0.25, -0.2) is 19.9 Å². The topological polar surface area (TPSA) is 83.5 Å². The number of anilines is 1. The number of hydrogen-bond donors (Lipinski definition) is 1. The number of aromatic nitrogens is 6. The second-order valence-electron chi connectivity index (χ2n) is 7.66. The molecule has 8 heteroatoms. The van der Waals surface area contributed by atoms with Crippen molar-refractivity contribution in [3.05, 3.63) is 95.3 Å². The minimum atomic E-state index is -0.543. The second kappa shape index (κ2) is 7.80. The molecule has 3 aromatic heterocycles. The van der Waals surface area contributed by atoms with Crippen LogP contribution in [0, 0.1) is 17.8 Å². The predicted octanol–water partition coefficient (Wildman–Crippen LogP) is 3.87. The van der Waals surface area contributed by atoms with Crippen molar-refractivity contribution in [2.75, 3.05) is 4.90 Å². The van der Waals surface area contributed by atoms with Gasteiger partial charge in [-0.3, -0.25) is 5.10 Å². The van der Waals surface area contributed by atoms with Gasteiger partial charge in [0.15, 0.2) is 5.82 Å². The second-order valence-corrected chi connectivity index (χ2v) is 7.66. The largest absolute Gasteiger partial charge is 0.332 e. The molecular weight excluding hydrogens is 417 g/mol. The van der Waals surface area contributed by atoms with E-state index in [0.29, 0.717) is 39.6 Å². The molecule has 0 unspecified atom stereocenters. The summed E-state index contributed by atoms with van der Waals surface area (Å²) in [6.07, 6.45) is 3.37. The van der Waals surface area contributed by atoms with E-state index >= 15 is 0 Å². The lowest BCUT2D eigenvalue weighted by Crippen LogP contribution is -2.17. The number of nitrogens with zero attached hydrogens (tertiary/aromatic N) is 6. The van der Waals surface area contributed by atoms with Gasteiger partial charge in [-0.15, -0.1) is 5.10 Å². The van der Waals surface area contributed by atoms with Crippen LogP contribution in [0.15, 0.2) is 67.0 Å². The summed E-state index contributed by atoms with van der Waals surface area (Å²) in [5, 5.41) is 6.61. The molecule has 7 nitrogen and oxygen atoms in total. The van der Waals surface area contributed by atoms with Gasteiger partial charge in [0.05, 0.1) is 10.9 Å². The molecule has 5 aromatic rings. The minimum Gasteiger partial charge on any atom is -0.332 e. The van der Waals surface area contributed by atoms with Crippen LogP contribution in [0.4, 0.5) is 10.3 Å². The van der Waals surface area contributed by atoms with Gasteiger partial charge >= 0.3 is 0 Å². The smallest absolute Gasteiger partial charge is 0.240 e. The van der Waals surface area contributed by atoms with Crippen molar-refractivity contribution in [1.82, 2.24) is 30.1 Å². The van der Waals surface area contributed by atoms with Gasteiger partial charge in [-0.2, -0.15) is 4.39 Å². The third kappa shape index (κ3) is 3.66. The fraction of sp³-hybridized carbons (Fsp3) is 0.0800. The Morgan fingerprint density at radius 1 is 0.879 bits per heavy atom. The molecule has 6 rings (SSSR count). The van der Waals surface area contributed by atoms with Crippen LogP contribution in [0.5, 0.6) is 0 Å². The number of fused-ring (bicyclic) bond motifs is 2. The van der Waals surface area contributed by atoms with Crippen molar-refractivity contribution in [1.29, 1.82) is 0 Å². The van der Waals surface area contributed by atoms with Gasteiger partial charge in [0.1, 0.15) is 11.4 Å². The van der Waals surface area contributed by atoms with E-state index in [1.165, 1.54) is 11.1 Å². The third-order valence-corrected chi connectivity index (χ3v) is 5.50. The Kier molecular flexibility index (Phi) is 4.51. The van der Waals surface area contributed by atoms with Crippen LogP contribution in [0.2, 0.25) is 0 Å². The Hall–Kier alpha value is -4.64. The average molecular weight is 433 g/mol. The maximum atomic E-state index is 13.7. The van der Waals surface area contributed by atoms with Crippen LogP contribution in [0.25, 0.3) is 22.4 Å². The van der Waals surface area contributed by atoms with E-state index in [9.17, 15) is 4.39 Å². The molecule has 158 valence electrons. The molecule has 1 aliphatic rings. The summed E-state index contributed by atoms with van der Waals surface area (Å²) in [6, 6.07) is 17.1. The van der Waals surface area contributed by atoms with Crippen molar-refractivity contribution in [3.8, 4) is 23.4 Å². The first-order valence-electron chi connectivity index (χ1n) is 10.4. The van der Waals surface area contributed by atoms with Crippen LogP contribution in [-0.2, 0) is 13.1 Å². The van der Waals surface area contributed by atoms with E-state index in [1.807, 2.05) is 12.1 Å². The van der Waals surface area contributed by atoms with E-state index < -0.39 is 5.95 Å². The minimum absolute atomic E-state index is 0.405. The standard InChI is InChI=1S/C25H16FN7/c26-23-20-13-16(6-8-21(20)31-32-23)5-7-19-9-11-27-24(29-19)22-10-12-28-25(30-22)33-14-17-3-1-2-4-18(17)15-33/h1-4,6,8-13H,14-15H2,(H,31,32). The Morgan fingerprint density at radius 2 is 1.70 bits per heavy atom. The van der Waals surface area contributed by atoms with Crippen molar-refractivity contribution < 1.29 is 4.39 Å². The van der Waals surface area contributed by atoms with Crippen molar-refractivity contribution in [3.63, 3.8) is 0 Å². The molecule has 2 aromatic carbocycles. The van der Waals surface area contributed by atoms with Crippen LogP contribution in [0.1, 0.15) is 22.4 Å². The van der Waals surface area contributed by atoms with E-state index in [0.717, 1.165) is 13.1 Å². The van der Waals surface area contributed by atoms with Crippen LogP contribution < -0.4 is 4.90 Å². The average Bonchev–Trinajstić information content (AvgIpc) is 3.47. The van der Waals surface area contributed by atoms with E-state index in [1.54, 1.807) is 42.7 Å². The SMILES string of the molecule is Fc1n[nH]c2ccc(C#Cc3ccnc(-c4ccnc(N5Cc6ccccc6C5)n4)n3)cc12. The van der Waals surface area contributed by atoms with Gasteiger partial charge in [0.2, 0.25) is 11.9 Å². The fourth-order valence-electron chi connectivity index (χ4n) is 3.85. The highest BCUT2D eigenvalue weighted by molar-refractivity contribution is 5.80. The fourth-order valence-corrected chi connectivity index (χ4v) is 3.85. The molecule has 1 aliphatic heterocycles. The van der Waals surface area contributed by atoms with Crippen molar-refractivity contribution in [2.24, 2.45) is 0 Å². The third-order valence-electron chi connectivity index (χ3n) is 5.50. The monoisotopic (exact) mass is 433 g/mol. The molecule has 33 heavy (non-hydrogen) atoms. The summed E-state index contributed by atoms with van der Waals surface area (Å²) in [6.45, 7) is 1.54. The predicted molar refractivity (Wildman–Crippen MR) is 121 cm³/mol. The summed E-state index contributed by atoms with van der Waals surface area (Å²) in [4.78, 5) is 20.2. The molecule has 4 heterocycles.